The van der Waals surface area contributed by atoms with Crippen molar-refractivity contribution < 1.29 is 9.59 Å². The van der Waals surface area contributed by atoms with Crippen LogP contribution in [0.1, 0.15) is 38.8 Å². The summed E-state index contributed by atoms with van der Waals surface area (Å²) in [5, 5.41) is 0. The topological polar surface area (TPSA) is 34.1 Å². The summed E-state index contributed by atoms with van der Waals surface area (Å²) in [4.78, 5) is 24.6. The van der Waals surface area contributed by atoms with Crippen LogP contribution in [0, 0.1) is 0 Å². The SMILES string of the molecule is CC(=C(C(=O)c1ccccc1)c1ccccc1)c1ccccc1C=O. The zero-order valence-electron chi connectivity index (χ0n) is 14.0. The van der Waals surface area contributed by atoms with Crippen LogP contribution in [-0.4, -0.2) is 12.1 Å². The standard InChI is InChI=1S/C23H18O2/c1-17(21-15-9-8-14-20(21)16-24)22(18-10-4-2-5-11-18)23(25)19-12-6-3-7-13-19/h2-16H,1H3. The van der Waals surface area contributed by atoms with E-state index in [-0.39, 0.29) is 5.78 Å². The van der Waals surface area contributed by atoms with Gasteiger partial charge in [-0.2, -0.15) is 0 Å². The normalized spacial score (nSPS) is 11.6. The predicted octanol–water partition coefficient (Wildman–Crippen LogP) is 5.31. The number of carbonyl (C=O) groups excluding carboxylic acids is 2. The number of ketones is 1. The second-order valence-electron chi connectivity index (χ2n) is 5.77. The van der Waals surface area contributed by atoms with Crippen molar-refractivity contribution in [2.75, 3.05) is 0 Å². The van der Waals surface area contributed by atoms with E-state index in [2.05, 4.69) is 0 Å². The van der Waals surface area contributed by atoms with Crippen molar-refractivity contribution in [3.8, 4) is 0 Å². The van der Waals surface area contributed by atoms with E-state index in [9.17, 15) is 9.59 Å². The molecule has 0 fully saturated rings. The quantitative estimate of drug-likeness (QED) is 0.275. The molecule has 122 valence electrons. The number of hydrogen-bond acceptors (Lipinski definition) is 2. The van der Waals surface area contributed by atoms with Crippen molar-refractivity contribution in [1.82, 2.24) is 0 Å². The van der Waals surface area contributed by atoms with E-state index >= 15 is 0 Å². The molecule has 0 aliphatic carbocycles. The Bertz CT molecular complexity index is 923. The number of Topliss-reactive ketones (excluding diaryl/α,β-unsaturated/α-hetero) is 1. The smallest absolute Gasteiger partial charge is 0.193 e. The Morgan fingerprint density at radius 2 is 1.24 bits per heavy atom. The molecular formula is C23H18O2. The molecular weight excluding hydrogens is 308 g/mol. The summed E-state index contributed by atoms with van der Waals surface area (Å²) in [5.74, 6) is -0.0509. The highest BCUT2D eigenvalue weighted by molar-refractivity contribution is 6.34. The van der Waals surface area contributed by atoms with Crippen LogP contribution in [0.3, 0.4) is 0 Å². The van der Waals surface area contributed by atoms with Gasteiger partial charge in [-0.25, -0.2) is 0 Å². The van der Waals surface area contributed by atoms with Gasteiger partial charge < -0.3 is 0 Å². The van der Waals surface area contributed by atoms with Crippen LogP contribution in [0.2, 0.25) is 0 Å². The van der Waals surface area contributed by atoms with E-state index in [0.717, 1.165) is 23.0 Å². The van der Waals surface area contributed by atoms with Gasteiger partial charge in [0.15, 0.2) is 12.1 Å². The molecule has 3 aromatic rings. The monoisotopic (exact) mass is 326 g/mol. The Kier molecular flexibility index (Phi) is 5.00. The molecule has 0 atom stereocenters. The Labute approximate surface area is 147 Å². The Hall–Kier alpha value is -3.26. The van der Waals surface area contributed by atoms with Crippen molar-refractivity contribution >= 4 is 23.2 Å². The molecule has 25 heavy (non-hydrogen) atoms. The van der Waals surface area contributed by atoms with Gasteiger partial charge in [-0.1, -0.05) is 84.9 Å². The van der Waals surface area contributed by atoms with E-state index in [0.29, 0.717) is 16.7 Å². The van der Waals surface area contributed by atoms with E-state index < -0.39 is 0 Å². The van der Waals surface area contributed by atoms with Gasteiger partial charge in [-0.3, -0.25) is 9.59 Å². The molecule has 0 unspecified atom stereocenters. The maximum Gasteiger partial charge on any atom is 0.193 e. The van der Waals surface area contributed by atoms with Crippen molar-refractivity contribution in [3.05, 3.63) is 107 Å². The molecule has 0 spiro atoms. The van der Waals surface area contributed by atoms with Crippen molar-refractivity contribution in [2.24, 2.45) is 0 Å². The molecule has 0 bridgehead atoms. The molecule has 0 heterocycles. The maximum atomic E-state index is 13.2. The minimum Gasteiger partial charge on any atom is -0.298 e. The van der Waals surface area contributed by atoms with E-state index in [1.165, 1.54) is 0 Å². The first kappa shape index (κ1) is 16.6. The van der Waals surface area contributed by atoms with Crippen molar-refractivity contribution in [1.29, 1.82) is 0 Å². The molecule has 2 nitrogen and oxygen atoms in total. The number of aldehydes is 1. The number of hydrogen-bond donors (Lipinski definition) is 0. The fraction of sp³-hybridized carbons (Fsp3) is 0.0435. The van der Waals surface area contributed by atoms with Crippen molar-refractivity contribution in [3.63, 3.8) is 0 Å². The van der Waals surface area contributed by atoms with Gasteiger partial charge in [-0.15, -0.1) is 0 Å². The highest BCUT2D eigenvalue weighted by Crippen LogP contribution is 2.30. The average Bonchev–Trinajstić information content (AvgIpc) is 2.69. The average molecular weight is 326 g/mol. The van der Waals surface area contributed by atoms with Crippen LogP contribution >= 0.6 is 0 Å². The van der Waals surface area contributed by atoms with Crippen LogP contribution in [-0.2, 0) is 0 Å². The molecule has 0 saturated heterocycles. The zero-order chi connectivity index (χ0) is 17.6. The highest BCUT2D eigenvalue weighted by Gasteiger charge is 2.19. The maximum absolute atomic E-state index is 13.2. The third-order valence-electron chi connectivity index (χ3n) is 4.19. The predicted molar refractivity (Wildman–Crippen MR) is 102 cm³/mol. The zero-order valence-corrected chi connectivity index (χ0v) is 14.0. The third-order valence-corrected chi connectivity index (χ3v) is 4.19. The van der Waals surface area contributed by atoms with Gasteiger partial charge in [0.1, 0.15) is 0 Å². The summed E-state index contributed by atoms with van der Waals surface area (Å²) in [6, 6.07) is 26.1. The van der Waals surface area contributed by atoms with E-state index in [1.807, 2.05) is 85.8 Å². The summed E-state index contributed by atoms with van der Waals surface area (Å²) in [5.41, 5.74) is 4.23. The lowest BCUT2D eigenvalue weighted by molar-refractivity contribution is 0.105. The molecule has 3 rings (SSSR count). The number of allylic oxidation sites excluding steroid dienone is 2. The molecule has 2 heteroatoms. The van der Waals surface area contributed by atoms with Gasteiger partial charge >= 0.3 is 0 Å². The largest absolute Gasteiger partial charge is 0.298 e. The summed E-state index contributed by atoms with van der Waals surface area (Å²) >= 11 is 0. The summed E-state index contributed by atoms with van der Waals surface area (Å²) in [6.45, 7) is 1.89. The van der Waals surface area contributed by atoms with Gasteiger partial charge in [-0.05, 0) is 23.6 Å². The lowest BCUT2D eigenvalue weighted by Gasteiger charge is -2.14. The lowest BCUT2D eigenvalue weighted by Crippen LogP contribution is -2.06. The Balaban J connectivity index is 2.24. The van der Waals surface area contributed by atoms with Crippen molar-refractivity contribution in [2.45, 2.75) is 6.92 Å². The third kappa shape index (κ3) is 3.48. The van der Waals surface area contributed by atoms with E-state index in [1.54, 1.807) is 6.07 Å². The number of benzene rings is 3. The molecule has 0 saturated carbocycles. The first-order valence-corrected chi connectivity index (χ1v) is 8.13. The highest BCUT2D eigenvalue weighted by atomic mass is 16.1. The Morgan fingerprint density at radius 3 is 1.84 bits per heavy atom. The van der Waals surface area contributed by atoms with Crippen LogP contribution in [0.15, 0.2) is 84.9 Å². The minimum atomic E-state index is -0.0509. The molecule has 0 aliphatic heterocycles. The summed E-state index contributed by atoms with van der Waals surface area (Å²) in [6.07, 6.45) is 0.828. The van der Waals surface area contributed by atoms with Crippen LogP contribution in [0.5, 0.6) is 0 Å². The van der Waals surface area contributed by atoms with Crippen LogP contribution in [0.4, 0.5) is 0 Å². The minimum absolute atomic E-state index is 0.0509. The fourth-order valence-corrected chi connectivity index (χ4v) is 2.93. The van der Waals surface area contributed by atoms with Gasteiger partial charge in [0.25, 0.3) is 0 Å². The molecule has 0 amide bonds. The van der Waals surface area contributed by atoms with Crippen LogP contribution in [0.25, 0.3) is 11.1 Å². The number of rotatable bonds is 5. The fourth-order valence-electron chi connectivity index (χ4n) is 2.93. The van der Waals surface area contributed by atoms with E-state index in [4.69, 9.17) is 0 Å². The van der Waals surface area contributed by atoms with Gasteiger partial charge in [0.2, 0.25) is 0 Å². The second-order valence-corrected chi connectivity index (χ2v) is 5.77. The molecule has 0 aliphatic rings. The summed E-state index contributed by atoms with van der Waals surface area (Å²) in [7, 11) is 0. The lowest BCUT2D eigenvalue weighted by atomic mass is 9.88. The molecule has 0 radical (unpaired) electrons. The molecule has 0 aromatic heterocycles. The summed E-state index contributed by atoms with van der Waals surface area (Å²) < 4.78 is 0. The van der Waals surface area contributed by atoms with Crippen LogP contribution < -0.4 is 0 Å². The molecule has 3 aromatic carbocycles. The molecule has 0 N–H and O–H groups in total. The van der Waals surface area contributed by atoms with Gasteiger partial charge in [0, 0.05) is 16.7 Å². The number of carbonyl (C=O) groups is 2. The first-order valence-electron chi connectivity index (χ1n) is 8.13. The first-order chi connectivity index (χ1) is 12.2. The second kappa shape index (κ2) is 7.54. The Morgan fingerprint density at radius 1 is 0.720 bits per heavy atom. The van der Waals surface area contributed by atoms with Gasteiger partial charge in [0.05, 0.1) is 0 Å².